The van der Waals surface area contributed by atoms with Crippen LogP contribution in [0.2, 0.25) is 0 Å². The van der Waals surface area contributed by atoms with Crippen molar-refractivity contribution < 1.29 is 9.90 Å². The Morgan fingerprint density at radius 3 is 2.48 bits per heavy atom. The van der Waals surface area contributed by atoms with E-state index < -0.39 is 5.97 Å². The zero-order valence-corrected chi connectivity index (χ0v) is 12.8. The second kappa shape index (κ2) is 5.58. The molecule has 0 spiro atoms. The fraction of sp³-hybridized carbons (Fsp3) is 0.167. The summed E-state index contributed by atoms with van der Waals surface area (Å²) >= 11 is 0. The van der Waals surface area contributed by atoms with E-state index in [4.69, 9.17) is 10.4 Å². The maximum atomic E-state index is 11.1. The summed E-state index contributed by atoms with van der Waals surface area (Å²) < 4.78 is 2.01. The number of carboxylic acids is 1. The van der Waals surface area contributed by atoms with Crippen molar-refractivity contribution in [2.45, 2.75) is 19.8 Å². The molecule has 5 nitrogen and oxygen atoms in total. The fourth-order valence-electron chi connectivity index (χ4n) is 2.58. The molecule has 0 radical (unpaired) electrons. The lowest BCUT2D eigenvalue weighted by molar-refractivity contribution is 0.0697. The molecule has 0 aliphatic rings. The number of nitrogens with zero attached hydrogens (tertiary/aromatic N) is 3. The standard InChI is InChI=1S/C18H15N3O2/c1-11(2)17-20-15-9-13(18(22)23)5-8-16(15)21(17)14-6-3-12(10-19)4-7-14/h3-9,11H,1-2H3,(H,22,23). The summed E-state index contributed by atoms with van der Waals surface area (Å²) in [5.41, 5.74) is 3.22. The molecule has 0 bridgehead atoms. The highest BCUT2D eigenvalue weighted by atomic mass is 16.4. The van der Waals surface area contributed by atoms with Crippen molar-refractivity contribution in [2.24, 2.45) is 0 Å². The molecule has 23 heavy (non-hydrogen) atoms. The highest BCUT2D eigenvalue weighted by molar-refractivity contribution is 5.92. The first-order valence-corrected chi connectivity index (χ1v) is 7.27. The Bertz CT molecular complexity index is 931. The van der Waals surface area contributed by atoms with E-state index in [1.54, 1.807) is 30.3 Å². The van der Waals surface area contributed by atoms with Gasteiger partial charge in [0.15, 0.2) is 0 Å². The number of fused-ring (bicyclic) bond motifs is 1. The van der Waals surface area contributed by atoms with Gasteiger partial charge in [-0.1, -0.05) is 13.8 Å². The minimum absolute atomic E-state index is 0.173. The van der Waals surface area contributed by atoms with E-state index in [-0.39, 0.29) is 11.5 Å². The van der Waals surface area contributed by atoms with Gasteiger partial charge in [0.1, 0.15) is 5.82 Å². The van der Waals surface area contributed by atoms with Crippen LogP contribution in [0.3, 0.4) is 0 Å². The molecule has 3 rings (SSSR count). The number of aromatic carboxylic acids is 1. The minimum atomic E-state index is -0.967. The molecule has 0 fully saturated rings. The number of nitriles is 1. The van der Waals surface area contributed by atoms with Crippen molar-refractivity contribution in [3.63, 3.8) is 0 Å². The number of carboxylic acid groups (broad SMARTS) is 1. The molecule has 0 unspecified atom stereocenters. The highest BCUT2D eigenvalue weighted by Crippen LogP contribution is 2.27. The second-order valence-electron chi connectivity index (χ2n) is 5.63. The topological polar surface area (TPSA) is 78.9 Å². The summed E-state index contributed by atoms with van der Waals surface area (Å²) in [5, 5.41) is 18.1. The lowest BCUT2D eigenvalue weighted by Gasteiger charge is -2.11. The van der Waals surface area contributed by atoms with Crippen molar-refractivity contribution >= 4 is 17.0 Å². The van der Waals surface area contributed by atoms with Crippen LogP contribution in [0.1, 0.15) is 41.5 Å². The molecule has 0 saturated heterocycles. The van der Waals surface area contributed by atoms with E-state index in [9.17, 15) is 4.79 Å². The predicted octanol–water partition coefficient (Wildman–Crippen LogP) is 3.72. The smallest absolute Gasteiger partial charge is 0.335 e. The number of hydrogen-bond donors (Lipinski definition) is 1. The van der Waals surface area contributed by atoms with Gasteiger partial charge in [-0.2, -0.15) is 5.26 Å². The van der Waals surface area contributed by atoms with Gasteiger partial charge in [-0.3, -0.25) is 4.57 Å². The fourth-order valence-corrected chi connectivity index (χ4v) is 2.58. The van der Waals surface area contributed by atoms with E-state index in [1.807, 2.05) is 30.5 Å². The van der Waals surface area contributed by atoms with Crippen molar-refractivity contribution in [3.8, 4) is 11.8 Å². The third-order valence-electron chi connectivity index (χ3n) is 3.70. The molecule has 5 heteroatoms. The Hall–Kier alpha value is -3.13. The third-order valence-corrected chi connectivity index (χ3v) is 3.70. The zero-order valence-electron chi connectivity index (χ0n) is 12.8. The number of benzene rings is 2. The van der Waals surface area contributed by atoms with Gasteiger partial charge in [0, 0.05) is 11.6 Å². The second-order valence-corrected chi connectivity index (χ2v) is 5.63. The van der Waals surface area contributed by atoms with Gasteiger partial charge in [0.2, 0.25) is 0 Å². The maximum Gasteiger partial charge on any atom is 0.335 e. The maximum absolute atomic E-state index is 11.1. The van der Waals surface area contributed by atoms with Crippen LogP contribution < -0.4 is 0 Å². The Balaban J connectivity index is 2.26. The highest BCUT2D eigenvalue weighted by Gasteiger charge is 2.16. The van der Waals surface area contributed by atoms with Crippen LogP contribution in [-0.2, 0) is 0 Å². The van der Waals surface area contributed by atoms with Gasteiger partial charge in [-0.25, -0.2) is 9.78 Å². The molecule has 2 aromatic carbocycles. The van der Waals surface area contributed by atoms with Crippen LogP contribution in [0.15, 0.2) is 42.5 Å². The number of aromatic nitrogens is 2. The average Bonchev–Trinajstić information content (AvgIpc) is 2.93. The molecule has 0 amide bonds. The number of hydrogen-bond acceptors (Lipinski definition) is 3. The average molecular weight is 305 g/mol. The molecule has 1 aromatic heterocycles. The van der Waals surface area contributed by atoms with Crippen LogP contribution in [0.4, 0.5) is 0 Å². The van der Waals surface area contributed by atoms with Crippen LogP contribution in [0, 0.1) is 11.3 Å². The first-order valence-electron chi connectivity index (χ1n) is 7.27. The molecule has 1 N–H and O–H groups in total. The summed E-state index contributed by atoms with van der Waals surface area (Å²) in [5.74, 6) is 0.0597. The normalized spacial score (nSPS) is 10.9. The molecule has 0 saturated carbocycles. The van der Waals surface area contributed by atoms with E-state index in [1.165, 1.54) is 0 Å². The molecule has 3 aromatic rings. The van der Waals surface area contributed by atoms with Gasteiger partial charge in [0.25, 0.3) is 0 Å². The van der Waals surface area contributed by atoms with E-state index in [2.05, 4.69) is 11.1 Å². The van der Waals surface area contributed by atoms with Crippen LogP contribution in [0.5, 0.6) is 0 Å². The Morgan fingerprint density at radius 1 is 1.22 bits per heavy atom. The van der Waals surface area contributed by atoms with Gasteiger partial charge in [0.05, 0.1) is 28.2 Å². The lowest BCUT2D eigenvalue weighted by Crippen LogP contribution is -2.03. The molecule has 114 valence electrons. The number of carbonyl (C=O) groups is 1. The Labute approximate surface area is 133 Å². The van der Waals surface area contributed by atoms with Gasteiger partial charge >= 0.3 is 5.97 Å². The van der Waals surface area contributed by atoms with Crippen LogP contribution >= 0.6 is 0 Å². The first kappa shape index (κ1) is 14.8. The van der Waals surface area contributed by atoms with Crippen molar-refractivity contribution in [3.05, 3.63) is 59.4 Å². The summed E-state index contributed by atoms with van der Waals surface area (Å²) in [6, 6.07) is 14.3. The lowest BCUT2D eigenvalue weighted by atomic mass is 10.1. The molecular formula is C18H15N3O2. The molecule has 0 aliphatic carbocycles. The van der Waals surface area contributed by atoms with Gasteiger partial charge in [-0.15, -0.1) is 0 Å². The van der Waals surface area contributed by atoms with Gasteiger partial charge < -0.3 is 5.11 Å². The Morgan fingerprint density at radius 2 is 1.91 bits per heavy atom. The monoisotopic (exact) mass is 305 g/mol. The predicted molar refractivity (Wildman–Crippen MR) is 86.8 cm³/mol. The molecular weight excluding hydrogens is 290 g/mol. The van der Waals surface area contributed by atoms with E-state index in [0.717, 1.165) is 17.0 Å². The zero-order chi connectivity index (χ0) is 16.6. The largest absolute Gasteiger partial charge is 0.478 e. The van der Waals surface area contributed by atoms with E-state index >= 15 is 0 Å². The van der Waals surface area contributed by atoms with Crippen LogP contribution in [-0.4, -0.2) is 20.6 Å². The summed E-state index contributed by atoms with van der Waals surface area (Å²) in [4.78, 5) is 15.8. The summed E-state index contributed by atoms with van der Waals surface area (Å²) in [7, 11) is 0. The summed E-state index contributed by atoms with van der Waals surface area (Å²) in [6.07, 6.45) is 0. The Kier molecular flexibility index (Phi) is 3.59. The van der Waals surface area contributed by atoms with Crippen molar-refractivity contribution in [1.29, 1.82) is 5.26 Å². The molecule has 1 heterocycles. The number of imidazole rings is 1. The summed E-state index contributed by atoms with van der Waals surface area (Å²) in [6.45, 7) is 4.08. The van der Waals surface area contributed by atoms with Crippen LogP contribution in [0.25, 0.3) is 16.7 Å². The molecule has 0 atom stereocenters. The number of rotatable bonds is 3. The first-order chi connectivity index (χ1) is 11.0. The SMILES string of the molecule is CC(C)c1nc2cc(C(=O)O)ccc2n1-c1ccc(C#N)cc1. The molecule has 0 aliphatic heterocycles. The van der Waals surface area contributed by atoms with E-state index in [0.29, 0.717) is 11.1 Å². The third kappa shape index (κ3) is 2.55. The van der Waals surface area contributed by atoms with Crippen molar-refractivity contribution in [1.82, 2.24) is 9.55 Å². The minimum Gasteiger partial charge on any atom is -0.478 e. The van der Waals surface area contributed by atoms with Gasteiger partial charge in [-0.05, 0) is 42.5 Å². The van der Waals surface area contributed by atoms with Crippen molar-refractivity contribution in [2.75, 3.05) is 0 Å². The quantitative estimate of drug-likeness (QED) is 0.800.